The minimum Gasteiger partial charge on any atom is -0.262 e. The average Bonchev–Trinajstić information content (AvgIpc) is 2.59. The lowest BCUT2D eigenvalue weighted by Crippen LogP contribution is -2.35. The summed E-state index contributed by atoms with van der Waals surface area (Å²) in [6.07, 6.45) is -7.39. The maximum absolute atomic E-state index is 13.8. The van der Waals surface area contributed by atoms with E-state index in [0.717, 1.165) is 22.5 Å². The number of alkyl halides is 6. The Balaban J connectivity index is 2.51. The number of nitriles is 1. The van der Waals surface area contributed by atoms with Crippen LogP contribution < -0.4 is 0 Å². The smallest absolute Gasteiger partial charge is 0.262 e. The fourth-order valence-corrected chi connectivity index (χ4v) is 3.48. The van der Waals surface area contributed by atoms with Gasteiger partial charge in [0.15, 0.2) is 0 Å². The number of nitrogens with zero attached hydrogens (tertiary/aromatic N) is 3. The summed E-state index contributed by atoms with van der Waals surface area (Å²) in [4.78, 5) is 3.98. The van der Waals surface area contributed by atoms with E-state index in [1.54, 1.807) is 0 Å². The Kier molecular flexibility index (Phi) is 6.38. The molecule has 1 aromatic heterocycles. The van der Waals surface area contributed by atoms with E-state index in [4.69, 9.17) is 5.26 Å². The topological polar surface area (TPSA) is 39.9 Å². The van der Waals surface area contributed by atoms with Crippen LogP contribution in [-0.4, -0.2) is 22.0 Å². The van der Waals surface area contributed by atoms with Crippen molar-refractivity contribution in [3.8, 4) is 6.07 Å². The van der Waals surface area contributed by atoms with E-state index in [-0.39, 0.29) is 17.0 Å². The molecular formula is C17H13F6N3S. The van der Waals surface area contributed by atoms with Crippen LogP contribution in [0.5, 0.6) is 0 Å². The van der Waals surface area contributed by atoms with E-state index in [1.165, 1.54) is 25.4 Å². The molecule has 1 unspecified atom stereocenters. The first-order valence-corrected chi connectivity index (χ1v) is 8.37. The Morgan fingerprint density at radius 3 is 2.37 bits per heavy atom. The van der Waals surface area contributed by atoms with Gasteiger partial charge in [-0.25, -0.2) is 4.31 Å². The summed E-state index contributed by atoms with van der Waals surface area (Å²) in [5.74, 6) is 0. The lowest BCUT2D eigenvalue weighted by Gasteiger charge is -2.32. The molecule has 10 heteroatoms. The molecule has 0 aliphatic carbocycles. The third kappa shape index (κ3) is 5.14. The van der Waals surface area contributed by atoms with Crippen molar-refractivity contribution in [1.82, 2.24) is 9.29 Å². The van der Waals surface area contributed by atoms with E-state index >= 15 is 0 Å². The predicted molar refractivity (Wildman–Crippen MR) is 87.4 cm³/mol. The van der Waals surface area contributed by atoms with Crippen LogP contribution in [-0.2, 0) is 6.18 Å². The van der Waals surface area contributed by atoms with Crippen LogP contribution >= 0.6 is 11.9 Å². The molecule has 0 aliphatic rings. The van der Waals surface area contributed by atoms with Crippen molar-refractivity contribution in [2.75, 3.05) is 6.54 Å². The summed E-state index contributed by atoms with van der Waals surface area (Å²) in [7, 11) is 0. The Bertz CT molecular complexity index is 828. The summed E-state index contributed by atoms with van der Waals surface area (Å²) in [6.45, 7) is 1.21. The minimum absolute atomic E-state index is 0.135. The molecular weight excluding hydrogens is 392 g/mol. The van der Waals surface area contributed by atoms with E-state index in [1.807, 2.05) is 6.07 Å². The zero-order valence-electron chi connectivity index (χ0n) is 13.8. The van der Waals surface area contributed by atoms with Gasteiger partial charge in [-0.05, 0) is 29.6 Å². The fourth-order valence-electron chi connectivity index (χ4n) is 2.45. The van der Waals surface area contributed by atoms with Gasteiger partial charge in [-0.2, -0.15) is 31.6 Å². The summed E-state index contributed by atoms with van der Waals surface area (Å²) in [6, 6.07) is 4.29. The van der Waals surface area contributed by atoms with Gasteiger partial charge in [0, 0.05) is 23.8 Å². The van der Waals surface area contributed by atoms with Gasteiger partial charge in [-0.3, -0.25) is 4.98 Å². The summed E-state index contributed by atoms with van der Waals surface area (Å²) in [5.41, 5.74) is -2.08. The van der Waals surface area contributed by atoms with Crippen molar-refractivity contribution in [1.29, 1.82) is 5.26 Å². The lowest BCUT2D eigenvalue weighted by molar-refractivity contribution is -0.175. The molecule has 0 spiro atoms. The second kappa shape index (κ2) is 8.19. The second-order valence-corrected chi connectivity index (χ2v) is 6.50. The quantitative estimate of drug-likeness (QED) is 0.479. The third-order valence-electron chi connectivity index (χ3n) is 3.54. The number of aromatic nitrogens is 1. The zero-order chi connectivity index (χ0) is 20.2. The molecule has 2 rings (SSSR count). The molecule has 0 bridgehead atoms. The molecule has 3 nitrogen and oxygen atoms in total. The number of rotatable bonds is 5. The maximum Gasteiger partial charge on any atom is 0.416 e. The van der Waals surface area contributed by atoms with Gasteiger partial charge in [0.2, 0.25) is 0 Å². The molecule has 2 aromatic rings. The van der Waals surface area contributed by atoms with Crippen LogP contribution in [0.25, 0.3) is 0 Å². The van der Waals surface area contributed by atoms with E-state index < -0.39 is 29.5 Å². The third-order valence-corrected chi connectivity index (χ3v) is 4.67. The molecule has 1 atom stereocenters. The molecule has 1 aromatic carbocycles. The molecule has 0 amide bonds. The SMILES string of the molecule is CCN(Sc1cncc(C#N)c1)C(c1ccccc1C(F)(F)F)C(F)(F)F. The van der Waals surface area contributed by atoms with Crippen LogP contribution in [0.3, 0.4) is 0 Å². The van der Waals surface area contributed by atoms with Gasteiger partial charge in [-0.1, -0.05) is 25.1 Å². The molecule has 0 N–H and O–H groups in total. The molecule has 0 saturated heterocycles. The van der Waals surface area contributed by atoms with Gasteiger partial charge in [0.25, 0.3) is 0 Å². The van der Waals surface area contributed by atoms with Crippen LogP contribution in [0.15, 0.2) is 47.6 Å². The number of benzene rings is 1. The summed E-state index contributed by atoms with van der Waals surface area (Å²) < 4.78 is 81.9. The van der Waals surface area contributed by atoms with Crippen molar-refractivity contribution in [3.63, 3.8) is 0 Å². The van der Waals surface area contributed by atoms with E-state index in [0.29, 0.717) is 18.0 Å². The molecule has 0 radical (unpaired) electrons. The highest BCUT2D eigenvalue weighted by atomic mass is 32.2. The predicted octanol–water partition coefficient (Wildman–Crippen LogP) is 5.60. The largest absolute Gasteiger partial charge is 0.416 e. The number of halogens is 6. The second-order valence-electron chi connectivity index (χ2n) is 5.37. The van der Waals surface area contributed by atoms with Crippen LogP contribution in [0.4, 0.5) is 26.3 Å². The monoisotopic (exact) mass is 405 g/mol. The Morgan fingerprint density at radius 1 is 1.15 bits per heavy atom. The van der Waals surface area contributed by atoms with E-state index in [9.17, 15) is 26.3 Å². The molecule has 144 valence electrons. The van der Waals surface area contributed by atoms with Crippen molar-refractivity contribution < 1.29 is 26.3 Å². The van der Waals surface area contributed by atoms with Crippen molar-refractivity contribution in [2.45, 2.75) is 30.2 Å². The van der Waals surface area contributed by atoms with Crippen molar-refractivity contribution in [3.05, 3.63) is 59.4 Å². The van der Waals surface area contributed by atoms with Crippen molar-refractivity contribution in [2.24, 2.45) is 0 Å². The first kappa shape index (κ1) is 21.1. The summed E-state index contributed by atoms with van der Waals surface area (Å²) in [5, 5.41) is 8.88. The van der Waals surface area contributed by atoms with Crippen LogP contribution in [0.1, 0.15) is 29.7 Å². The Labute approximate surface area is 155 Å². The van der Waals surface area contributed by atoms with Gasteiger partial charge < -0.3 is 0 Å². The first-order valence-electron chi connectivity index (χ1n) is 7.60. The van der Waals surface area contributed by atoms with Crippen LogP contribution in [0, 0.1) is 11.3 Å². The molecule has 1 heterocycles. The maximum atomic E-state index is 13.8. The van der Waals surface area contributed by atoms with Crippen molar-refractivity contribution >= 4 is 11.9 Å². The van der Waals surface area contributed by atoms with E-state index in [2.05, 4.69) is 4.98 Å². The normalized spacial score (nSPS) is 13.4. The molecule has 0 fully saturated rings. The first-order chi connectivity index (χ1) is 12.6. The fraction of sp³-hybridized carbons (Fsp3) is 0.294. The number of hydrogen-bond donors (Lipinski definition) is 0. The minimum atomic E-state index is -4.95. The average molecular weight is 405 g/mol. The van der Waals surface area contributed by atoms with Gasteiger partial charge >= 0.3 is 12.4 Å². The molecule has 27 heavy (non-hydrogen) atoms. The lowest BCUT2D eigenvalue weighted by atomic mass is 9.99. The highest BCUT2D eigenvalue weighted by Crippen LogP contribution is 2.46. The number of pyridine rings is 1. The van der Waals surface area contributed by atoms with Gasteiger partial charge in [0.05, 0.1) is 11.1 Å². The summed E-state index contributed by atoms with van der Waals surface area (Å²) >= 11 is 0.600. The number of hydrogen-bond acceptors (Lipinski definition) is 4. The Morgan fingerprint density at radius 2 is 1.81 bits per heavy atom. The highest BCUT2D eigenvalue weighted by molar-refractivity contribution is 7.97. The van der Waals surface area contributed by atoms with Crippen LogP contribution in [0.2, 0.25) is 0 Å². The Hall–Kier alpha value is -2.25. The molecule has 0 aliphatic heterocycles. The van der Waals surface area contributed by atoms with Gasteiger partial charge in [0.1, 0.15) is 12.1 Å². The standard InChI is InChI=1S/C17H13F6N3S/c1-2-26(27-12-7-11(8-24)9-25-10-12)15(17(21,22)23)13-5-3-4-6-14(13)16(18,19)20/h3-7,9-10,15H,2H2,1H3. The molecule has 0 saturated carbocycles. The zero-order valence-corrected chi connectivity index (χ0v) is 14.7. The highest BCUT2D eigenvalue weighted by Gasteiger charge is 2.48. The van der Waals surface area contributed by atoms with Gasteiger partial charge in [-0.15, -0.1) is 0 Å².